The molecule has 1 heterocycles. The van der Waals surface area contributed by atoms with Crippen molar-refractivity contribution >= 4 is 8.56 Å². The van der Waals surface area contributed by atoms with E-state index in [1.807, 2.05) is 13.8 Å². The third-order valence-electron chi connectivity index (χ3n) is 3.92. The fraction of sp³-hybridized carbons (Fsp3) is 0.733. The maximum atomic E-state index is 6.13. The smallest absolute Gasteiger partial charge is 0.456 e. The predicted molar refractivity (Wildman–Crippen MR) is 78.8 cm³/mol. The van der Waals surface area contributed by atoms with Crippen LogP contribution >= 0.6 is 0 Å². The minimum absolute atomic E-state index is 0.518. The molecule has 1 saturated heterocycles. The molecule has 4 heteroatoms. The monoisotopic (exact) mass is 282 g/mol. The molecule has 0 amide bonds. The molecule has 1 aliphatic heterocycles. The number of rotatable bonds is 6. The van der Waals surface area contributed by atoms with Gasteiger partial charge in [0, 0.05) is 12.6 Å². The summed E-state index contributed by atoms with van der Waals surface area (Å²) in [5.41, 5.74) is 0. The van der Waals surface area contributed by atoms with Gasteiger partial charge in [-0.3, -0.25) is 0 Å². The van der Waals surface area contributed by atoms with Crippen LogP contribution in [0.2, 0.25) is 12.6 Å². The average Bonchev–Trinajstić information content (AvgIpc) is 3.05. The summed E-state index contributed by atoms with van der Waals surface area (Å²) in [6.45, 7) is 12.0. The van der Waals surface area contributed by atoms with Crippen LogP contribution in [0.3, 0.4) is 0 Å². The van der Waals surface area contributed by atoms with Crippen molar-refractivity contribution in [3.8, 4) is 0 Å². The van der Waals surface area contributed by atoms with Crippen molar-refractivity contribution in [2.24, 2.45) is 5.92 Å². The Labute approximate surface area is 117 Å². The first-order valence-electron chi connectivity index (χ1n) is 7.29. The number of allylic oxidation sites excluding steroid dienone is 3. The fourth-order valence-corrected chi connectivity index (χ4v) is 4.64. The summed E-state index contributed by atoms with van der Waals surface area (Å²) in [7, 11) is -2.14. The van der Waals surface area contributed by atoms with Gasteiger partial charge in [-0.25, -0.2) is 0 Å². The first-order chi connectivity index (χ1) is 8.92. The standard InChI is InChI=1S/C15H26O3Si/c1-6-19(5,17-11(2)3)18-12(4)9-13-7-8-14-15(10-13)16-14/h9,13-15H,2,6-8,10H2,1,3-5H3. The van der Waals surface area contributed by atoms with Crippen molar-refractivity contribution in [2.45, 2.75) is 64.8 Å². The molecule has 0 bridgehead atoms. The van der Waals surface area contributed by atoms with Crippen LogP contribution in [-0.4, -0.2) is 20.8 Å². The largest absolute Gasteiger partial charge is 0.517 e. The summed E-state index contributed by atoms with van der Waals surface area (Å²) in [6, 6.07) is 0.920. The van der Waals surface area contributed by atoms with E-state index in [1.54, 1.807) is 0 Å². The Hall–Kier alpha value is -0.743. The van der Waals surface area contributed by atoms with Crippen LogP contribution in [0, 0.1) is 5.92 Å². The molecule has 2 aliphatic rings. The van der Waals surface area contributed by atoms with Crippen LogP contribution in [0.1, 0.15) is 40.0 Å². The van der Waals surface area contributed by atoms with E-state index in [2.05, 4.69) is 26.1 Å². The molecule has 19 heavy (non-hydrogen) atoms. The maximum Gasteiger partial charge on any atom is 0.456 e. The number of hydrogen-bond donors (Lipinski definition) is 0. The molecule has 0 N–H and O–H groups in total. The number of fused-ring (bicyclic) bond motifs is 1. The molecule has 2 fully saturated rings. The Kier molecular flexibility index (Phi) is 4.41. The van der Waals surface area contributed by atoms with Crippen LogP contribution in [0.5, 0.6) is 0 Å². The molecular formula is C15H26O3Si. The molecule has 1 saturated carbocycles. The highest BCUT2D eigenvalue weighted by molar-refractivity contribution is 6.66. The third-order valence-corrected chi connectivity index (χ3v) is 6.74. The highest BCUT2D eigenvalue weighted by Gasteiger charge is 2.43. The summed E-state index contributed by atoms with van der Waals surface area (Å²) in [6.07, 6.45) is 6.91. The van der Waals surface area contributed by atoms with Gasteiger partial charge in [-0.1, -0.05) is 13.5 Å². The van der Waals surface area contributed by atoms with E-state index in [9.17, 15) is 0 Å². The van der Waals surface area contributed by atoms with E-state index in [4.69, 9.17) is 13.6 Å². The minimum Gasteiger partial charge on any atom is -0.517 e. The predicted octanol–water partition coefficient (Wildman–Crippen LogP) is 4.12. The molecule has 108 valence electrons. The summed E-state index contributed by atoms with van der Waals surface area (Å²) in [5.74, 6) is 2.35. The summed E-state index contributed by atoms with van der Waals surface area (Å²) >= 11 is 0. The maximum absolute atomic E-state index is 6.13. The van der Waals surface area contributed by atoms with Gasteiger partial charge in [-0.2, -0.15) is 0 Å². The van der Waals surface area contributed by atoms with Gasteiger partial charge >= 0.3 is 8.56 Å². The van der Waals surface area contributed by atoms with Crippen LogP contribution in [0.25, 0.3) is 0 Å². The van der Waals surface area contributed by atoms with Crippen molar-refractivity contribution in [1.82, 2.24) is 0 Å². The normalized spacial score (nSPS) is 33.1. The van der Waals surface area contributed by atoms with Gasteiger partial charge in [0.25, 0.3) is 0 Å². The Morgan fingerprint density at radius 1 is 1.32 bits per heavy atom. The van der Waals surface area contributed by atoms with Gasteiger partial charge in [0.15, 0.2) is 0 Å². The highest BCUT2D eigenvalue weighted by atomic mass is 28.4. The van der Waals surface area contributed by atoms with E-state index >= 15 is 0 Å². The summed E-state index contributed by atoms with van der Waals surface area (Å²) < 4.78 is 17.5. The topological polar surface area (TPSA) is 31.0 Å². The van der Waals surface area contributed by atoms with Gasteiger partial charge < -0.3 is 13.6 Å². The van der Waals surface area contributed by atoms with Crippen LogP contribution in [0.4, 0.5) is 0 Å². The Balaban J connectivity index is 1.90. The SMILES string of the molecule is C=C(C)O[Si](C)(CC)OC(C)=CC1CCC2OC2C1. The van der Waals surface area contributed by atoms with Crippen molar-refractivity contribution in [2.75, 3.05) is 0 Å². The lowest BCUT2D eigenvalue weighted by molar-refractivity contribution is 0.266. The summed E-state index contributed by atoms with van der Waals surface area (Å²) in [4.78, 5) is 0. The first kappa shape index (κ1) is 14.7. The third kappa shape index (κ3) is 4.11. The van der Waals surface area contributed by atoms with Crippen molar-refractivity contribution in [3.05, 3.63) is 24.2 Å². The number of epoxide rings is 1. The molecule has 0 aromatic carbocycles. The van der Waals surface area contributed by atoms with Gasteiger partial charge in [0.1, 0.15) is 0 Å². The van der Waals surface area contributed by atoms with Crippen molar-refractivity contribution in [3.63, 3.8) is 0 Å². The van der Waals surface area contributed by atoms with Crippen molar-refractivity contribution in [1.29, 1.82) is 0 Å². The quantitative estimate of drug-likeness (QED) is 0.417. The minimum atomic E-state index is -2.14. The Bertz CT molecular complexity index is 380. The van der Waals surface area contributed by atoms with E-state index in [1.165, 1.54) is 12.8 Å². The highest BCUT2D eigenvalue weighted by Crippen LogP contribution is 2.40. The zero-order chi connectivity index (χ0) is 14.0. The van der Waals surface area contributed by atoms with Gasteiger partial charge in [0.2, 0.25) is 0 Å². The second kappa shape index (κ2) is 5.71. The molecular weight excluding hydrogens is 256 g/mol. The van der Waals surface area contributed by atoms with Gasteiger partial charge in [0.05, 0.1) is 23.7 Å². The molecule has 0 aromatic rings. The molecule has 0 radical (unpaired) electrons. The van der Waals surface area contributed by atoms with Crippen LogP contribution in [-0.2, 0) is 13.6 Å². The molecule has 0 spiro atoms. The number of hydrogen-bond acceptors (Lipinski definition) is 3. The molecule has 4 unspecified atom stereocenters. The zero-order valence-corrected chi connectivity index (χ0v) is 13.6. The molecule has 1 aliphatic carbocycles. The fourth-order valence-electron chi connectivity index (χ4n) is 2.83. The Morgan fingerprint density at radius 2 is 2.05 bits per heavy atom. The first-order valence-corrected chi connectivity index (χ1v) is 9.81. The van der Waals surface area contributed by atoms with E-state index in [-0.39, 0.29) is 0 Å². The van der Waals surface area contributed by atoms with Gasteiger partial charge in [-0.15, -0.1) is 0 Å². The van der Waals surface area contributed by atoms with E-state index in [0.29, 0.717) is 18.1 Å². The average molecular weight is 282 g/mol. The Morgan fingerprint density at radius 3 is 2.63 bits per heavy atom. The second-order valence-corrected chi connectivity index (χ2v) is 9.34. The molecule has 2 rings (SSSR count). The second-order valence-electron chi connectivity index (χ2n) is 5.96. The van der Waals surface area contributed by atoms with Crippen LogP contribution < -0.4 is 0 Å². The summed E-state index contributed by atoms with van der Waals surface area (Å²) in [5, 5.41) is 0. The van der Waals surface area contributed by atoms with E-state index in [0.717, 1.165) is 24.0 Å². The number of ether oxygens (including phenoxy) is 1. The lowest BCUT2D eigenvalue weighted by Gasteiger charge is -2.28. The van der Waals surface area contributed by atoms with Crippen molar-refractivity contribution < 1.29 is 13.6 Å². The molecule has 4 atom stereocenters. The lowest BCUT2D eigenvalue weighted by atomic mass is 9.89. The molecule has 0 aromatic heterocycles. The van der Waals surface area contributed by atoms with E-state index < -0.39 is 8.56 Å². The molecule has 3 nitrogen and oxygen atoms in total. The zero-order valence-electron chi connectivity index (χ0n) is 12.6. The van der Waals surface area contributed by atoms with Gasteiger partial charge in [-0.05, 0) is 45.1 Å². The van der Waals surface area contributed by atoms with Crippen LogP contribution in [0.15, 0.2) is 24.2 Å². The lowest BCUT2D eigenvalue weighted by Crippen LogP contribution is -2.36.